The van der Waals surface area contributed by atoms with Crippen LogP contribution in [-0.2, 0) is 10.2 Å². The smallest absolute Gasteiger partial charge is 0.236 e. The standard InChI is InChI=1S/C21H17ClN2O4/c22-14-3-1-13(2-4-14)17-12-19(24-28-17)21(7-8-21)20(25)23-15-5-6-16-18(11-15)27-10-9-26-16/h1-6,11-12H,7-10H2,(H,23,25). The van der Waals surface area contributed by atoms with Crippen LogP contribution in [0.4, 0.5) is 5.69 Å². The quantitative estimate of drug-likeness (QED) is 0.705. The highest BCUT2D eigenvalue weighted by molar-refractivity contribution is 6.30. The Kier molecular flexibility index (Phi) is 4.02. The predicted molar refractivity (Wildman–Crippen MR) is 104 cm³/mol. The number of hydrogen-bond donors (Lipinski definition) is 1. The highest BCUT2D eigenvalue weighted by Gasteiger charge is 2.53. The molecule has 6 nitrogen and oxygen atoms in total. The molecule has 1 aliphatic heterocycles. The number of fused-ring (bicyclic) bond motifs is 1. The number of halogens is 1. The third kappa shape index (κ3) is 2.99. The van der Waals surface area contributed by atoms with Crippen LogP contribution in [0.3, 0.4) is 0 Å². The van der Waals surface area contributed by atoms with Gasteiger partial charge in [-0.2, -0.15) is 0 Å². The lowest BCUT2D eigenvalue weighted by Gasteiger charge is -2.19. The lowest BCUT2D eigenvalue weighted by Crippen LogP contribution is -2.28. The van der Waals surface area contributed by atoms with Gasteiger partial charge in [-0.3, -0.25) is 4.79 Å². The molecular formula is C21H17ClN2O4. The number of rotatable bonds is 4. The molecule has 1 fully saturated rings. The Labute approximate surface area is 166 Å². The summed E-state index contributed by atoms with van der Waals surface area (Å²) in [5.41, 5.74) is 1.53. The van der Waals surface area contributed by atoms with Crippen molar-refractivity contribution in [1.82, 2.24) is 5.16 Å². The van der Waals surface area contributed by atoms with E-state index in [0.717, 1.165) is 18.4 Å². The van der Waals surface area contributed by atoms with Crippen LogP contribution in [0.1, 0.15) is 18.5 Å². The van der Waals surface area contributed by atoms with Crippen molar-refractivity contribution in [2.75, 3.05) is 18.5 Å². The van der Waals surface area contributed by atoms with Crippen LogP contribution in [0.5, 0.6) is 11.5 Å². The van der Waals surface area contributed by atoms with Crippen LogP contribution in [0, 0.1) is 0 Å². The Morgan fingerprint density at radius 3 is 2.50 bits per heavy atom. The third-order valence-electron chi connectivity index (χ3n) is 5.11. The number of carbonyl (C=O) groups excluding carboxylic acids is 1. The molecule has 0 saturated heterocycles. The van der Waals surface area contributed by atoms with E-state index in [1.165, 1.54) is 0 Å². The summed E-state index contributed by atoms with van der Waals surface area (Å²) in [7, 11) is 0. The van der Waals surface area contributed by atoms with Gasteiger partial charge in [-0.25, -0.2) is 0 Å². The fraction of sp³-hybridized carbons (Fsp3) is 0.238. The molecule has 0 bridgehead atoms. The summed E-state index contributed by atoms with van der Waals surface area (Å²) in [6.45, 7) is 1.03. The molecule has 2 aromatic carbocycles. The van der Waals surface area contributed by atoms with Gasteiger partial charge in [0.2, 0.25) is 5.91 Å². The van der Waals surface area contributed by atoms with E-state index in [2.05, 4.69) is 10.5 Å². The van der Waals surface area contributed by atoms with E-state index in [1.807, 2.05) is 24.3 Å². The Morgan fingerprint density at radius 1 is 1.00 bits per heavy atom. The monoisotopic (exact) mass is 396 g/mol. The molecule has 142 valence electrons. The molecule has 0 spiro atoms. The maximum absolute atomic E-state index is 13.0. The van der Waals surface area contributed by atoms with Crippen molar-refractivity contribution in [2.45, 2.75) is 18.3 Å². The van der Waals surface area contributed by atoms with Crippen molar-refractivity contribution in [1.29, 1.82) is 0 Å². The van der Waals surface area contributed by atoms with E-state index < -0.39 is 5.41 Å². The molecule has 5 rings (SSSR count). The molecule has 2 aliphatic rings. The minimum Gasteiger partial charge on any atom is -0.486 e. The van der Waals surface area contributed by atoms with E-state index in [4.69, 9.17) is 25.6 Å². The fourth-order valence-corrected chi connectivity index (χ4v) is 3.47. The summed E-state index contributed by atoms with van der Waals surface area (Å²) in [6, 6.07) is 14.5. The lowest BCUT2D eigenvalue weighted by atomic mass is 10.00. The van der Waals surface area contributed by atoms with Crippen molar-refractivity contribution in [2.24, 2.45) is 0 Å². The normalized spacial score (nSPS) is 16.5. The van der Waals surface area contributed by atoms with Gasteiger partial charge >= 0.3 is 0 Å². The number of hydrogen-bond acceptors (Lipinski definition) is 5. The van der Waals surface area contributed by atoms with E-state index in [9.17, 15) is 4.79 Å². The molecular weight excluding hydrogens is 380 g/mol. The summed E-state index contributed by atoms with van der Waals surface area (Å²) < 4.78 is 16.6. The summed E-state index contributed by atoms with van der Waals surface area (Å²) >= 11 is 5.93. The third-order valence-corrected chi connectivity index (χ3v) is 5.37. The van der Waals surface area contributed by atoms with Crippen molar-refractivity contribution < 1.29 is 18.8 Å². The van der Waals surface area contributed by atoms with E-state index in [1.54, 1.807) is 24.3 Å². The molecule has 3 aromatic rings. The molecule has 0 radical (unpaired) electrons. The minimum absolute atomic E-state index is 0.0971. The Balaban J connectivity index is 1.36. The zero-order valence-electron chi connectivity index (χ0n) is 14.9. The molecule has 1 saturated carbocycles. The topological polar surface area (TPSA) is 73.6 Å². The van der Waals surface area contributed by atoms with Crippen LogP contribution >= 0.6 is 11.6 Å². The second kappa shape index (κ2) is 6.56. The number of ether oxygens (including phenoxy) is 2. The molecule has 0 unspecified atom stereocenters. The second-order valence-electron chi connectivity index (χ2n) is 6.98. The van der Waals surface area contributed by atoms with Gasteiger partial charge in [0.1, 0.15) is 13.2 Å². The highest BCUT2D eigenvalue weighted by Crippen LogP contribution is 2.49. The molecule has 7 heteroatoms. The van der Waals surface area contributed by atoms with Gasteiger partial charge in [-0.1, -0.05) is 16.8 Å². The average Bonchev–Trinajstić information content (AvgIpc) is 3.39. The molecule has 0 atom stereocenters. The van der Waals surface area contributed by atoms with E-state index >= 15 is 0 Å². The predicted octanol–water partition coefficient (Wildman–Crippen LogP) is 4.44. The maximum Gasteiger partial charge on any atom is 0.236 e. The number of nitrogens with zero attached hydrogens (tertiary/aromatic N) is 1. The number of anilines is 1. The van der Waals surface area contributed by atoms with Gasteiger partial charge in [-0.15, -0.1) is 0 Å². The highest BCUT2D eigenvalue weighted by atomic mass is 35.5. The van der Waals surface area contributed by atoms with Gasteiger partial charge < -0.3 is 19.3 Å². The first-order chi connectivity index (χ1) is 13.6. The fourth-order valence-electron chi connectivity index (χ4n) is 3.35. The largest absolute Gasteiger partial charge is 0.486 e. The second-order valence-corrected chi connectivity index (χ2v) is 7.41. The van der Waals surface area contributed by atoms with Gasteiger partial charge in [0.15, 0.2) is 17.3 Å². The Morgan fingerprint density at radius 2 is 1.75 bits per heavy atom. The van der Waals surface area contributed by atoms with Crippen LogP contribution in [0.2, 0.25) is 5.02 Å². The van der Waals surface area contributed by atoms with Crippen LogP contribution in [-0.4, -0.2) is 24.3 Å². The molecule has 1 aliphatic carbocycles. The molecule has 1 amide bonds. The minimum atomic E-state index is -0.651. The van der Waals surface area contributed by atoms with Crippen LogP contribution < -0.4 is 14.8 Å². The first kappa shape index (κ1) is 17.1. The number of benzene rings is 2. The van der Waals surface area contributed by atoms with Crippen molar-refractivity contribution in [3.8, 4) is 22.8 Å². The van der Waals surface area contributed by atoms with Gasteiger partial charge in [0.25, 0.3) is 0 Å². The number of aromatic nitrogens is 1. The van der Waals surface area contributed by atoms with Gasteiger partial charge in [-0.05, 0) is 49.2 Å². The molecule has 1 aromatic heterocycles. The van der Waals surface area contributed by atoms with Crippen LogP contribution in [0.25, 0.3) is 11.3 Å². The number of amides is 1. The van der Waals surface area contributed by atoms with E-state index in [-0.39, 0.29) is 5.91 Å². The SMILES string of the molecule is O=C(Nc1ccc2c(c1)OCCO2)C1(c2cc(-c3ccc(Cl)cc3)on2)CC1. The number of nitrogens with one attached hydrogen (secondary N) is 1. The van der Waals surface area contributed by atoms with Crippen molar-refractivity contribution in [3.63, 3.8) is 0 Å². The Hall–Kier alpha value is -2.99. The van der Waals surface area contributed by atoms with Crippen molar-refractivity contribution >= 4 is 23.2 Å². The van der Waals surface area contributed by atoms with Crippen LogP contribution in [0.15, 0.2) is 53.1 Å². The zero-order chi connectivity index (χ0) is 19.1. The summed E-state index contributed by atoms with van der Waals surface area (Å²) in [6.07, 6.45) is 1.46. The Bertz CT molecular complexity index is 1040. The van der Waals surface area contributed by atoms with Crippen molar-refractivity contribution in [3.05, 3.63) is 59.2 Å². The van der Waals surface area contributed by atoms with Gasteiger partial charge in [0, 0.05) is 28.4 Å². The summed E-state index contributed by atoms with van der Waals surface area (Å²) in [4.78, 5) is 13.0. The van der Waals surface area contributed by atoms with E-state index in [0.29, 0.717) is 46.9 Å². The molecule has 28 heavy (non-hydrogen) atoms. The zero-order valence-corrected chi connectivity index (χ0v) is 15.7. The molecule has 2 heterocycles. The lowest BCUT2D eigenvalue weighted by molar-refractivity contribution is -0.118. The maximum atomic E-state index is 13.0. The first-order valence-electron chi connectivity index (χ1n) is 9.08. The first-order valence-corrected chi connectivity index (χ1v) is 9.46. The summed E-state index contributed by atoms with van der Waals surface area (Å²) in [5, 5.41) is 7.80. The summed E-state index contributed by atoms with van der Waals surface area (Å²) in [5.74, 6) is 1.85. The average molecular weight is 397 g/mol. The number of carbonyl (C=O) groups is 1. The van der Waals surface area contributed by atoms with Gasteiger partial charge in [0.05, 0.1) is 11.1 Å². The molecule has 1 N–H and O–H groups in total.